The first-order valence-electron chi connectivity index (χ1n) is 2.49. The summed E-state index contributed by atoms with van der Waals surface area (Å²) >= 11 is 0. The molecule has 0 atom stereocenters. The van der Waals surface area contributed by atoms with Crippen molar-refractivity contribution in [1.29, 1.82) is 0 Å². The summed E-state index contributed by atoms with van der Waals surface area (Å²) in [6, 6.07) is 0. The third-order valence-electron chi connectivity index (χ3n) is 0.719. The lowest BCUT2D eigenvalue weighted by molar-refractivity contribution is -0.128. The molecule has 0 amide bonds. The van der Waals surface area contributed by atoms with Crippen molar-refractivity contribution in [3.63, 3.8) is 0 Å². The zero-order valence-electron chi connectivity index (χ0n) is 5.16. The molecule has 0 unspecified atom stereocenters. The Labute approximate surface area is 52.4 Å². The van der Waals surface area contributed by atoms with Gasteiger partial charge in [-0.15, -0.1) is 0 Å². The van der Waals surface area contributed by atoms with Gasteiger partial charge in [0, 0.05) is 6.42 Å². The van der Waals surface area contributed by atoms with E-state index >= 15 is 0 Å². The lowest BCUT2D eigenvalue weighted by Crippen LogP contribution is -2.09. The van der Waals surface area contributed by atoms with Crippen LogP contribution in [-0.4, -0.2) is 12.2 Å². The fourth-order valence-corrected chi connectivity index (χ4v) is 0.375. The molecule has 0 saturated carbocycles. The summed E-state index contributed by atoms with van der Waals surface area (Å²) in [5.74, 6) is -1.05. The van der Waals surface area contributed by atoms with E-state index in [9.17, 15) is 13.6 Å². The fourth-order valence-electron chi connectivity index (χ4n) is 0.375. The third kappa shape index (κ3) is 3.82. The molecule has 0 heterocycles. The molecule has 0 N–H and O–H groups in total. The highest BCUT2D eigenvalue weighted by molar-refractivity contribution is 5.83. The number of ketones is 1. The van der Waals surface area contributed by atoms with E-state index in [0.717, 1.165) is 0 Å². The van der Waals surface area contributed by atoms with Gasteiger partial charge >= 0.3 is 0 Å². The highest BCUT2D eigenvalue weighted by atomic mass is 19.3. The number of rotatable bonds is 3. The first kappa shape index (κ1) is 8.27. The number of carbonyl (C=O) groups excluding carboxylic acids is 1. The monoisotopic (exact) mass is 134 g/mol. The Morgan fingerprint density at radius 1 is 1.67 bits per heavy atom. The standard InChI is InChI=1S/C6H8F2O/c1-4(2)3-5(9)6(7)8/h6H,1,3H2,2H3. The van der Waals surface area contributed by atoms with Crippen molar-refractivity contribution in [1.82, 2.24) is 0 Å². The van der Waals surface area contributed by atoms with Gasteiger partial charge in [0.05, 0.1) is 0 Å². The first-order chi connectivity index (χ1) is 4.04. The molecule has 9 heavy (non-hydrogen) atoms. The van der Waals surface area contributed by atoms with Crippen molar-refractivity contribution in [2.75, 3.05) is 0 Å². The molecule has 0 fully saturated rings. The fraction of sp³-hybridized carbons (Fsp3) is 0.500. The molecule has 3 heteroatoms. The van der Waals surface area contributed by atoms with Crippen LogP contribution in [0.3, 0.4) is 0 Å². The maximum absolute atomic E-state index is 11.4. The van der Waals surface area contributed by atoms with E-state index in [1.807, 2.05) is 0 Å². The summed E-state index contributed by atoms with van der Waals surface area (Å²) in [7, 11) is 0. The molecule has 0 aliphatic rings. The number of Topliss-reactive ketones (excluding diaryl/α,β-unsaturated/α-hetero) is 1. The zero-order chi connectivity index (χ0) is 7.44. The normalized spacial score (nSPS) is 9.78. The predicted molar refractivity (Wildman–Crippen MR) is 30.4 cm³/mol. The van der Waals surface area contributed by atoms with Crippen LogP contribution in [0.2, 0.25) is 0 Å². The van der Waals surface area contributed by atoms with Crippen molar-refractivity contribution >= 4 is 5.78 Å². The molecular weight excluding hydrogens is 126 g/mol. The summed E-state index contributed by atoms with van der Waals surface area (Å²) in [6.45, 7) is 4.87. The molecule has 0 rings (SSSR count). The summed E-state index contributed by atoms with van der Waals surface area (Å²) in [4.78, 5) is 10.1. The number of allylic oxidation sites excluding steroid dienone is 1. The van der Waals surface area contributed by atoms with Crippen molar-refractivity contribution in [3.05, 3.63) is 12.2 Å². The second-order valence-corrected chi connectivity index (χ2v) is 1.90. The minimum atomic E-state index is -2.85. The van der Waals surface area contributed by atoms with E-state index in [0.29, 0.717) is 5.57 Å². The summed E-state index contributed by atoms with van der Waals surface area (Å²) in [5, 5.41) is 0. The molecule has 0 bridgehead atoms. The minimum Gasteiger partial charge on any atom is -0.293 e. The number of hydrogen-bond donors (Lipinski definition) is 0. The van der Waals surface area contributed by atoms with Gasteiger partial charge in [0.25, 0.3) is 6.43 Å². The highest BCUT2D eigenvalue weighted by Gasteiger charge is 2.13. The molecule has 0 aliphatic heterocycles. The van der Waals surface area contributed by atoms with Gasteiger partial charge in [-0.05, 0) is 6.92 Å². The lowest BCUT2D eigenvalue weighted by atomic mass is 10.2. The van der Waals surface area contributed by atoms with E-state index in [1.54, 1.807) is 6.92 Å². The smallest absolute Gasteiger partial charge is 0.293 e. The average Bonchev–Trinajstić information content (AvgIpc) is 1.63. The number of alkyl halides is 2. The Morgan fingerprint density at radius 2 is 2.11 bits per heavy atom. The van der Waals surface area contributed by atoms with Crippen molar-refractivity contribution in [3.8, 4) is 0 Å². The van der Waals surface area contributed by atoms with Crippen molar-refractivity contribution < 1.29 is 13.6 Å². The summed E-state index contributed by atoms with van der Waals surface area (Å²) in [6.07, 6.45) is -3.06. The van der Waals surface area contributed by atoms with Crippen LogP contribution in [0.5, 0.6) is 0 Å². The summed E-state index contributed by atoms with van der Waals surface area (Å²) in [5.41, 5.74) is 0.473. The quantitative estimate of drug-likeness (QED) is 0.538. The van der Waals surface area contributed by atoms with Gasteiger partial charge in [0.2, 0.25) is 5.78 Å². The predicted octanol–water partition coefficient (Wildman–Crippen LogP) is 1.79. The molecule has 0 aromatic rings. The SMILES string of the molecule is C=C(C)CC(=O)C(F)F. The van der Waals surface area contributed by atoms with Gasteiger partial charge in [0.15, 0.2) is 0 Å². The van der Waals surface area contributed by atoms with Gasteiger partial charge in [-0.2, -0.15) is 0 Å². The molecular formula is C6H8F2O. The lowest BCUT2D eigenvalue weighted by Gasteiger charge is -1.95. The van der Waals surface area contributed by atoms with Crippen LogP contribution < -0.4 is 0 Å². The van der Waals surface area contributed by atoms with Crippen LogP contribution in [0.1, 0.15) is 13.3 Å². The van der Waals surface area contributed by atoms with Gasteiger partial charge in [0.1, 0.15) is 0 Å². The minimum absolute atomic E-state index is 0.211. The Balaban J connectivity index is 3.64. The Morgan fingerprint density at radius 3 is 2.22 bits per heavy atom. The molecule has 0 aromatic heterocycles. The second kappa shape index (κ2) is 3.33. The van der Waals surface area contributed by atoms with E-state index in [2.05, 4.69) is 6.58 Å². The summed E-state index contributed by atoms with van der Waals surface area (Å²) < 4.78 is 22.8. The van der Waals surface area contributed by atoms with Crippen LogP contribution in [0.15, 0.2) is 12.2 Å². The van der Waals surface area contributed by atoms with E-state index in [-0.39, 0.29) is 6.42 Å². The van der Waals surface area contributed by atoms with Gasteiger partial charge in [-0.1, -0.05) is 12.2 Å². The van der Waals surface area contributed by atoms with Crippen molar-refractivity contribution in [2.24, 2.45) is 0 Å². The van der Waals surface area contributed by atoms with Gasteiger partial charge in [-0.3, -0.25) is 4.79 Å². The maximum Gasteiger partial charge on any atom is 0.296 e. The highest BCUT2D eigenvalue weighted by Crippen LogP contribution is 2.03. The van der Waals surface area contributed by atoms with Crippen LogP contribution in [0.4, 0.5) is 8.78 Å². The molecule has 0 radical (unpaired) electrons. The Bertz CT molecular complexity index is 129. The second-order valence-electron chi connectivity index (χ2n) is 1.90. The topological polar surface area (TPSA) is 17.1 Å². The van der Waals surface area contributed by atoms with E-state index in [4.69, 9.17) is 0 Å². The Kier molecular flexibility index (Phi) is 3.06. The van der Waals surface area contributed by atoms with Crippen molar-refractivity contribution in [2.45, 2.75) is 19.8 Å². The molecule has 0 saturated heterocycles. The average molecular weight is 134 g/mol. The van der Waals surface area contributed by atoms with E-state index < -0.39 is 12.2 Å². The number of carbonyl (C=O) groups is 1. The number of hydrogen-bond acceptors (Lipinski definition) is 1. The Hall–Kier alpha value is -0.730. The van der Waals surface area contributed by atoms with Crippen LogP contribution in [0.25, 0.3) is 0 Å². The van der Waals surface area contributed by atoms with E-state index in [1.165, 1.54) is 0 Å². The van der Waals surface area contributed by atoms with Crippen LogP contribution >= 0.6 is 0 Å². The maximum atomic E-state index is 11.4. The third-order valence-corrected chi connectivity index (χ3v) is 0.719. The largest absolute Gasteiger partial charge is 0.296 e. The molecule has 0 aromatic carbocycles. The molecule has 0 aliphatic carbocycles. The van der Waals surface area contributed by atoms with Crippen LogP contribution in [0, 0.1) is 0 Å². The molecule has 0 spiro atoms. The van der Waals surface area contributed by atoms with Crippen LogP contribution in [-0.2, 0) is 4.79 Å². The van der Waals surface area contributed by atoms with Gasteiger partial charge in [-0.25, -0.2) is 8.78 Å². The zero-order valence-corrected chi connectivity index (χ0v) is 5.16. The molecule has 52 valence electrons. The number of halogens is 2. The van der Waals surface area contributed by atoms with Gasteiger partial charge < -0.3 is 0 Å². The first-order valence-corrected chi connectivity index (χ1v) is 2.49. The molecule has 1 nitrogen and oxygen atoms in total.